The predicted molar refractivity (Wildman–Crippen MR) is 261 cm³/mol. The van der Waals surface area contributed by atoms with Crippen LogP contribution in [0.4, 0.5) is 51.2 Å². The zero-order valence-corrected chi connectivity index (χ0v) is 34.7. The Balaban J connectivity index is 0.938. The van der Waals surface area contributed by atoms with Gasteiger partial charge in [0.2, 0.25) is 0 Å². The van der Waals surface area contributed by atoms with Gasteiger partial charge >= 0.3 is 0 Å². The molecule has 0 aromatic heterocycles. The minimum absolute atomic E-state index is 1.02. The first-order chi connectivity index (χ1) is 29.9. The molecule has 0 unspecified atom stereocenters. The van der Waals surface area contributed by atoms with E-state index < -0.39 is 0 Å². The highest BCUT2D eigenvalue weighted by Crippen LogP contribution is 2.37. The molecule has 9 rings (SSSR count). The Hall–Kier alpha value is -7.82. The van der Waals surface area contributed by atoms with Crippen LogP contribution >= 0.6 is 0 Å². The fourth-order valence-electron chi connectivity index (χ4n) is 7.50. The number of nitrogens with one attached hydrogen (secondary N) is 3. The summed E-state index contributed by atoms with van der Waals surface area (Å²) >= 11 is 0. The summed E-state index contributed by atoms with van der Waals surface area (Å²) in [7, 11) is 0. The molecule has 0 saturated carbocycles. The SMILES string of the molecule is Cc1ccc(-c2ccc(Nc3ccc(N(c4ccc(Nc5ccc(-c6ccc(C)cc6)cc5)cc4)c4ccc(Nc5ccc(-c6ccc(C)cc6)cc5)cc4)cc3)cc2)cc1. The summed E-state index contributed by atoms with van der Waals surface area (Å²) in [5.74, 6) is 0. The molecular formula is C57H48N4. The summed E-state index contributed by atoms with van der Waals surface area (Å²) in [5.41, 5.74) is 20.4. The van der Waals surface area contributed by atoms with Gasteiger partial charge in [0.05, 0.1) is 0 Å². The van der Waals surface area contributed by atoms with Crippen molar-refractivity contribution in [1.82, 2.24) is 0 Å². The zero-order valence-electron chi connectivity index (χ0n) is 34.7. The van der Waals surface area contributed by atoms with Gasteiger partial charge in [0.15, 0.2) is 0 Å². The van der Waals surface area contributed by atoms with E-state index in [2.05, 4.69) is 260 Å². The van der Waals surface area contributed by atoms with Crippen molar-refractivity contribution in [2.75, 3.05) is 20.9 Å². The Morgan fingerprint density at radius 3 is 0.574 bits per heavy atom. The zero-order chi connectivity index (χ0) is 41.5. The van der Waals surface area contributed by atoms with Crippen molar-refractivity contribution in [3.8, 4) is 33.4 Å². The molecule has 4 nitrogen and oxygen atoms in total. The lowest BCUT2D eigenvalue weighted by molar-refractivity contribution is 1.28. The highest BCUT2D eigenvalue weighted by molar-refractivity contribution is 5.81. The van der Waals surface area contributed by atoms with Crippen molar-refractivity contribution >= 4 is 51.2 Å². The highest BCUT2D eigenvalue weighted by Gasteiger charge is 2.14. The molecule has 9 aromatic rings. The number of hydrogen-bond donors (Lipinski definition) is 3. The standard InChI is InChI=1S/C57H48N4/c1-40-4-10-43(11-5-40)46-16-22-49(23-17-46)58-52-28-34-55(35-29-52)61(56-36-30-53(31-37-56)59-50-24-18-47(19-25-50)44-12-6-41(2)7-13-44)57-38-32-54(33-39-57)60-51-26-20-48(21-27-51)45-14-8-42(3)9-15-45/h4-39,58-60H,1-3H3. The summed E-state index contributed by atoms with van der Waals surface area (Å²) in [4.78, 5) is 2.29. The van der Waals surface area contributed by atoms with Crippen LogP contribution in [-0.4, -0.2) is 0 Å². The average Bonchev–Trinajstić information content (AvgIpc) is 3.30. The molecule has 0 heterocycles. The lowest BCUT2D eigenvalue weighted by Gasteiger charge is -2.26. The van der Waals surface area contributed by atoms with Gasteiger partial charge in [-0.1, -0.05) is 126 Å². The van der Waals surface area contributed by atoms with Gasteiger partial charge in [0.25, 0.3) is 0 Å². The van der Waals surface area contributed by atoms with Crippen LogP contribution in [0.1, 0.15) is 16.7 Å². The number of hydrogen-bond acceptors (Lipinski definition) is 4. The van der Waals surface area contributed by atoms with Crippen molar-refractivity contribution in [3.05, 3.63) is 235 Å². The Kier molecular flexibility index (Phi) is 11.1. The largest absolute Gasteiger partial charge is 0.356 e. The number of anilines is 9. The topological polar surface area (TPSA) is 39.3 Å². The summed E-state index contributed by atoms with van der Waals surface area (Å²) in [6.45, 7) is 6.35. The fourth-order valence-corrected chi connectivity index (χ4v) is 7.50. The second kappa shape index (κ2) is 17.6. The Bertz CT molecular complexity index is 2490. The third-order valence-electron chi connectivity index (χ3n) is 11.1. The fraction of sp³-hybridized carbons (Fsp3) is 0.0526. The number of aryl methyl sites for hydroxylation is 3. The van der Waals surface area contributed by atoms with Gasteiger partial charge in [0, 0.05) is 51.2 Å². The predicted octanol–water partition coefficient (Wildman–Crippen LogP) is 16.3. The monoisotopic (exact) mass is 788 g/mol. The van der Waals surface area contributed by atoms with E-state index in [9.17, 15) is 0 Å². The summed E-state index contributed by atoms with van der Waals surface area (Å²) in [6.07, 6.45) is 0. The molecule has 0 amide bonds. The Morgan fingerprint density at radius 2 is 0.377 bits per heavy atom. The van der Waals surface area contributed by atoms with Gasteiger partial charge in [-0.3, -0.25) is 0 Å². The normalized spacial score (nSPS) is 10.9. The van der Waals surface area contributed by atoms with E-state index in [1.807, 2.05) is 0 Å². The van der Waals surface area contributed by atoms with E-state index in [4.69, 9.17) is 0 Å². The van der Waals surface area contributed by atoms with E-state index >= 15 is 0 Å². The molecule has 296 valence electrons. The van der Waals surface area contributed by atoms with Crippen molar-refractivity contribution in [2.45, 2.75) is 20.8 Å². The molecule has 0 radical (unpaired) electrons. The molecule has 0 aliphatic carbocycles. The van der Waals surface area contributed by atoms with E-state index in [0.29, 0.717) is 0 Å². The minimum Gasteiger partial charge on any atom is -0.356 e. The number of nitrogens with zero attached hydrogens (tertiary/aromatic N) is 1. The molecule has 0 atom stereocenters. The van der Waals surface area contributed by atoms with Gasteiger partial charge in [-0.2, -0.15) is 0 Å². The van der Waals surface area contributed by atoms with Gasteiger partial charge in [0.1, 0.15) is 0 Å². The first kappa shape index (κ1) is 38.7. The molecule has 4 heteroatoms. The van der Waals surface area contributed by atoms with Crippen molar-refractivity contribution < 1.29 is 0 Å². The van der Waals surface area contributed by atoms with E-state index in [-0.39, 0.29) is 0 Å². The van der Waals surface area contributed by atoms with Crippen LogP contribution < -0.4 is 20.9 Å². The van der Waals surface area contributed by atoms with E-state index in [1.165, 1.54) is 50.1 Å². The maximum Gasteiger partial charge on any atom is 0.0463 e. The Labute approximate surface area is 359 Å². The van der Waals surface area contributed by atoms with Gasteiger partial charge in [-0.25, -0.2) is 0 Å². The third-order valence-corrected chi connectivity index (χ3v) is 11.1. The lowest BCUT2D eigenvalue weighted by atomic mass is 10.0. The van der Waals surface area contributed by atoms with Crippen LogP contribution in [-0.2, 0) is 0 Å². The molecule has 3 N–H and O–H groups in total. The molecule has 0 fully saturated rings. The molecule has 0 aliphatic rings. The lowest BCUT2D eigenvalue weighted by Crippen LogP contribution is -2.10. The van der Waals surface area contributed by atoms with Gasteiger partial charge in [-0.05, 0) is 163 Å². The number of benzene rings is 9. The number of rotatable bonds is 12. The maximum atomic E-state index is 3.59. The third kappa shape index (κ3) is 9.41. The molecule has 9 aromatic carbocycles. The van der Waals surface area contributed by atoms with E-state index in [0.717, 1.165) is 51.2 Å². The van der Waals surface area contributed by atoms with Crippen LogP contribution in [0, 0.1) is 20.8 Å². The van der Waals surface area contributed by atoms with Gasteiger partial charge < -0.3 is 20.9 Å². The van der Waals surface area contributed by atoms with Crippen molar-refractivity contribution in [2.24, 2.45) is 0 Å². The van der Waals surface area contributed by atoms with Crippen LogP contribution in [0.3, 0.4) is 0 Å². The molecule has 61 heavy (non-hydrogen) atoms. The van der Waals surface area contributed by atoms with Crippen LogP contribution in [0.15, 0.2) is 218 Å². The Morgan fingerprint density at radius 1 is 0.213 bits per heavy atom. The quantitative estimate of drug-likeness (QED) is 0.115. The second-order valence-electron chi connectivity index (χ2n) is 15.7. The summed E-state index contributed by atoms with van der Waals surface area (Å²) in [5, 5.41) is 10.8. The van der Waals surface area contributed by atoms with Crippen LogP contribution in [0.25, 0.3) is 33.4 Å². The van der Waals surface area contributed by atoms with Crippen molar-refractivity contribution in [3.63, 3.8) is 0 Å². The molecule has 0 saturated heterocycles. The van der Waals surface area contributed by atoms with Gasteiger partial charge in [-0.15, -0.1) is 0 Å². The molecule has 0 aliphatic heterocycles. The van der Waals surface area contributed by atoms with Crippen molar-refractivity contribution in [1.29, 1.82) is 0 Å². The highest BCUT2D eigenvalue weighted by atomic mass is 15.1. The van der Waals surface area contributed by atoms with E-state index in [1.54, 1.807) is 0 Å². The first-order valence-corrected chi connectivity index (χ1v) is 20.8. The molecule has 0 spiro atoms. The molecular weight excluding hydrogens is 741 g/mol. The average molecular weight is 789 g/mol. The smallest absolute Gasteiger partial charge is 0.0463 e. The maximum absolute atomic E-state index is 3.59. The van der Waals surface area contributed by atoms with Crippen LogP contribution in [0.5, 0.6) is 0 Å². The summed E-state index contributed by atoms with van der Waals surface area (Å²) < 4.78 is 0. The summed E-state index contributed by atoms with van der Waals surface area (Å²) in [6, 6.07) is 77.7. The first-order valence-electron chi connectivity index (χ1n) is 20.8. The molecule has 0 bridgehead atoms. The second-order valence-corrected chi connectivity index (χ2v) is 15.7. The minimum atomic E-state index is 1.02. The van der Waals surface area contributed by atoms with Crippen LogP contribution in [0.2, 0.25) is 0 Å².